The molecule has 0 aliphatic carbocycles. The van der Waals surface area contributed by atoms with Crippen molar-refractivity contribution in [2.24, 2.45) is 0 Å². The molecule has 1 aromatic carbocycles. The molecule has 0 aliphatic rings. The number of aromatic nitrogens is 2. The van der Waals surface area contributed by atoms with Gasteiger partial charge in [0.2, 0.25) is 0 Å². The van der Waals surface area contributed by atoms with Gasteiger partial charge < -0.3 is 10.1 Å². The maximum Gasteiger partial charge on any atom is 0.320 e. The Labute approximate surface area is 146 Å². The van der Waals surface area contributed by atoms with E-state index in [-0.39, 0.29) is 6.03 Å². The third-order valence-electron chi connectivity index (χ3n) is 3.71. The van der Waals surface area contributed by atoms with Crippen LogP contribution >= 0.6 is 0 Å². The molecule has 2 heterocycles. The molecule has 0 saturated carbocycles. The summed E-state index contributed by atoms with van der Waals surface area (Å²) in [4.78, 5) is 20.2. The summed E-state index contributed by atoms with van der Waals surface area (Å²) < 4.78 is 5.81. The summed E-state index contributed by atoms with van der Waals surface area (Å²) >= 11 is 0. The zero-order valence-corrected chi connectivity index (χ0v) is 14.2. The number of pyridine rings is 2. The zero-order valence-electron chi connectivity index (χ0n) is 14.2. The Kier molecular flexibility index (Phi) is 5.09. The molecule has 0 atom stereocenters. The number of carbonyl (C=O) groups excluding carboxylic acids is 1. The van der Waals surface area contributed by atoms with Crippen LogP contribution in [-0.4, -0.2) is 22.5 Å². The van der Waals surface area contributed by atoms with Gasteiger partial charge >= 0.3 is 6.03 Å². The van der Waals surface area contributed by atoms with Crippen LogP contribution in [0.1, 0.15) is 18.2 Å². The number of nitrogens with one attached hydrogen (secondary N) is 2. The number of anilines is 1. The molecular weight excluding hydrogens is 316 g/mol. The quantitative estimate of drug-likeness (QED) is 0.745. The SMILES string of the molecule is CCNC(=O)Nc1cc2cccc(COc3ccc(C)nc3)c2cn1. The largest absolute Gasteiger partial charge is 0.487 e. The Morgan fingerprint density at radius 1 is 1.16 bits per heavy atom. The van der Waals surface area contributed by atoms with E-state index in [1.54, 1.807) is 12.4 Å². The normalized spacial score (nSPS) is 10.5. The first kappa shape index (κ1) is 16.7. The molecule has 0 aliphatic heterocycles. The maximum atomic E-state index is 11.6. The fraction of sp³-hybridized carbons (Fsp3) is 0.211. The average Bonchev–Trinajstić information content (AvgIpc) is 2.61. The summed E-state index contributed by atoms with van der Waals surface area (Å²) in [6.45, 7) is 4.79. The molecule has 0 bridgehead atoms. The van der Waals surface area contributed by atoms with E-state index in [0.717, 1.165) is 27.8 Å². The standard InChI is InChI=1S/C19H20N4O2/c1-3-20-19(24)23-18-9-14-5-4-6-15(17(14)11-22-18)12-25-16-8-7-13(2)21-10-16/h4-11H,3,12H2,1-2H3,(H2,20,22,23,24). The molecule has 2 N–H and O–H groups in total. The van der Waals surface area contributed by atoms with Gasteiger partial charge in [0, 0.05) is 23.8 Å². The lowest BCUT2D eigenvalue weighted by molar-refractivity contribution is 0.252. The number of rotatable bonds is 5. The number of benzene rings is 1. The molecular formula is C19H20N4O2. The molecule has 128 valence electrons. The Hall–Kier alpha value is -3.15. The first-order valence-corrected chi connectivity index (χ1v) is 8.13. The monoisotopic (exact) mass is 336 g/mol. The van der Waals surface area contributed by atoms with E-state index in [4.69, 9.17) is 4.74 Å². The van der Waals surface area contributed by atoms with Crippen LogP contribution in [0.3, 0.4) is 0 Å². The molecule has 25 heavy (non-hydrogen) atoms. The van der Waals surface area contributed by atoms with Crippen LogP contribution in [0.2, 0.25) is 0 Å². The number of urea groups is 1. The van der Waals surface area contributed by atoms with Crippen molar-refractivity contribution in [3.63, 3.8) is 0 Å². The van der Waals surface area contributed by atoms with Crippen LogP contribution in [0.15, 0.2) is 48.8 Å². The lowest BCUT2D eigenvalue weighted by Gasteiger charge is -2.10. The Morgan fingerprint density at radius 3 is 2.80 bits per heavy atom. The van der Waals surface area contributed by atoms with Crippen LogP contribution < -0.4 is 15.4 Å². The number of carbonyl (C=O) groups is 1. The van der Waals surface area contributed by atoms with Crippen LogP contribution in [0.5, 0.6) is 5.75 Å². The first-order chi connectivity index (χ1) is 12.2. The van der Waals surface area contributed by atoms with Crippen molar-refractivity contribution in [3.8, 4) is 5.75 Å². The van der Waals surface area contributed by atoms with Gasteiger partial charge in [0.05, 0.1) is 6.20 Å². The van der Waals surface area contributed by atoms with Crippen molar-refractivity contribution < 1.29 is 9.53 Å². The van der Waals surface area contributed by atoms with Gasteiger partial charge in [-0.15, -0.1) is 0 Å². The summed E-state index contributed by atoms with van der Waals surface area (Å²) in [5.74, 6) is 1.24. The van der Waals surface area contributed by atoms with Crippen molar-refractivity contribution in [1.29, 1.82) is 0 Å². The number of aryl methyl sites for hydroxylation is 1. The van der Waals surface area contributed by atoms with E-state index in [1.807, 2.05) is 50.2 Å². The third-order valence-corrected chi connectivity index (χ3v) is 3.71. The van der Waals surface area contributed by atoms with Gasteiger partial charge in [0.25, 0.3) is 0 Å². The fourth-order valence-corrected chi connectivity index (χ4v) is 2.45. The number of amides is 2. The highest BCUT2D eigenvalue weighted by Gasteiger charge is 2.06. The van der Waals surface area contributed by atoms with Gasteiger partial charge in [-0.05, 0) is 43.0 Å². The average molecular weight is 336 g/mol. The third kappa shape index (κ3) is 4.23. The van der Waals surface area contributed by atoms with E-state index in [0.29, 0.717) is 19.0 Å². The molecule has 0 fully saturated rings. The predicted octanol–water partition coefficient (Wildman–Crippen LogP) is 3.66. The number of ether oxygens (including phenoxy) is 1. The zero-order chi connectivity index (χ0) is 17.6. The van der Waals surface area contributed by atoms with E-state index >= 15 is 0 Å². The minimum absolute atomic E-state index is 0.263. The van der Waals surface area contributed by atoms with Crippen molar-refractivity contribution in [1.82, 2.24) is 15.3 Å². The highest BCUT2D eigenvalue weighted by molar-refractivity contribution is 5.92. The van der Waals surface area contributed by atoms with Crippen molar-refractivity contribution in [3.05, 3.63) is 60.0 Å². The molecule has 0 unspecified atom stereocenters. The maximum absolute atomic E-state index is 11.6. The molecule has 6 heteroatoms. The summed E-state index contributed by atoms with van der Waals surface area (Å²) in [6.07, 6.45) is 3.47. The number of nitrogens with zero attached hydrogens (tertiary/aromatic N) is 2. The Bertz CT molecular complexity index is 878. The summed E-state index contributed by atoms with van der Waals surface area (Å²) in [5.41, 5.74) is 1.98. The van der Waals surface area contributed by atoms with Gasteiger partial charge in [-0.3, -0.25) is 10.3 Å². The van der Waals surface area contributed by atoms with E-state index in [9.17, 15) is 4.79 Å². The summed E-state index contributed by atoms with van der Waals surface area (Å²) in [7, 11) is 0. The van der Waals surface area contributed by atoms with Crippen LogP contribution in [0, 0.1) is 6.92 Å². The van der Waals surface area contributed by atoms with Crippen LogP contribution in [0.25, 0.3) is 10.8 Å². The second kappa shape index (κ2) is 7.61. The predicted molar refractivity (Wildman–Crippen MR) is 97.7 cm³/mol. The smallest absolute Gasteiger partial charge is 0.320 e. The van der Waals surface area contributed by atoms with Gasteiger partial charge in [-0.2, -0.15) is 0 Å². The van der Waals surface area contributed by atoms with Crippen molar-refractivity contribution in [2.45, 2.75) is 20.5 Å². The van der Waals surface area contributed by atoms with Gasteiger partial charge in [0.15, 0.2) is 0 Å². The summed E-state index contributed by atoms with van der Waals surface area (Å²) in [6, 6.07) is 11.4. The second-order valence-corrected chi connectivity index (χ2v) is 5.62. The second-order valence-electron chi connectivity index (χ2n) is 5.62. The van der Waals surface area contributed by atoms with E-state index in [2.05, 4.69) is 20.6 Å². The van der Waals surface area contributed by atoms with E-state index in [1.165, 1.54) is 0 Å². The lowest BCUT2D eigenvalue weighted by atomic mass is 10.1. The fourth-order valence-electron chi connectivity index (χ4n) is 2.45. The molecule has 0 spiro atoms. The van der Waals surface area contributed by atoms with Crippen LogP contribution in [-0.2, 0) is 6.61 Å². The number of hydrogen-bond donors (Lipinski definition) is 2. The topological polar surface area (TPSA) is 76.1 Å². The number of fused-ring (bicyclic) bond motifs is 1. The van der Waals surface area contributed by atoms with Gasteiger partial charge in [-0.1, -0.05) is 18.2 Å². The minimum atomic E-state index is -0.263. The Morgan fingerprint density at radius 2 is 2.04 bits per heavy atom. The molecule has 2 aromatic heterocycles. The molecule has 6 nitrogen and oxygen atoms in total. The van der Waals surface area contributed by atoms with Crippen molar-refractivity contribution >= 4 is 22.6 Å². The van der Waals surface area contributed by atoms with Gasteiger partial charge in [0.1, 0.15) is 18.2 Å². The molecule has 0 saturated heterocycles. The van der Waals surface area contributed by atoms with Crippen molar-refractivity contribution in [2.75, 3.05) is 11.9 Å². The summed E-state index contributed by atoms with van der Waals surface area (Å²) in [5, 5.41) is 7.38. The molecule has 3 aromatic rings. The lowest BCUT2D eigenvalue weighted by Crippen LogP contribution is -2.28. The minimum Gasteiger partial charge on any atom is -0.487 e. The van der Waals surface area contributed by atoms with Crippen LogP contribution in [0.4, 0.5) is 10.6 Å². The highest BCUT2D eigenvalue weighted by atomic mass is 16.5. The molecule has 3 rings (SSSR count). The Balaban J connectivity index is 1.77. The number of hydrogen-bond acceptors (Lipinski definition) is 4. The molecule has 2 amide bonds. The molecule has 0 radical (unpaired) electrons. The highest BCUT2D eigenvalue weighted by Crippen LogP contribution is 2.22. The van der Waals surface area contributed by atoms with Gasteiger partial charge in [-0.25, -0.2) is 9.78 Å². The first-order valence-electron chi connectivity index (χ1n) is 8.13. The van der Waals surface area contributed by atoms with E-state index < -0.39 is 0 Å².